The minimum Gasteiger partial charge on any atom is -0.383 e. The van der Waals surface area contributed by atoms with E-state index < -0.39 is 0 Å². The number of nitrogens with one attached hydrogen (secondary N) is 2. The lowest BCUT2D eigenvalue weighted by atomic mass is 10.1. The van der Waals surface area contributed by atoms with Gasteiger partial charge in [-0.2, -0.15) is 5.10 Å². The van der Waals surface area contributed by atoms with Gasteiger partial charge in [-0.15, -0.1) is 0 Å². The molecule has 2 aromatic heterocycles. The lowest BCUT2D eigenvalue weighted by Gasteiger charge is -2.13. The molecule has 106 valence electrons. The van der Waals surface area contributed by atoms with Crippen LogP contribution in [0.25, 0.3) is 10.8 Å². The molecule has 21 heavy (non-hydrogen) atoms. The molecule has 1 unspecified atom stereocenters. The second kappa shape index (κ2) is 5.24. The largest absolute Gasteiger partial charge is 0.383 e. The number of carbonyl (C=O) groups excluding carboxylic acids is 1. The molecule has 0 aliphatic heterocycles. The lowest BCUT2D eigenvalue weighted by Crippen LogP contribution is -2.26. The number of rotatable bonds is 3. The summed E-state index contributed by atoms with van der Waals surface area (Å²) in [6.45, 7) is 1.90. The second-order valence-electron chi connectivity index (χ2n) is 4.83. The van der Waals surface area contributed by atoms with Gasteiger partial charge in [0.15, 0.2) is 0 Å². The molecule has 1 aromatic carbocycles. The normalized spacial score (nSPS) is 12.2. The molecule has 6 nitrogen and oxygen atoms in total. The number of amides is 1. The van der Waals surface area contributed by atoms with Gasteiger partial charge in [0, 0.05) is 23.3 Å². The van der Waals surface area contributed by atoms with Gasteiger partial charge in [-0.25, -0.2) is 4.98 Å². The molecule has 0 radical (unpaired) electrons. The SMILES string of the molecule is CC(NC(=O)c1cnc(N)c2ccccc12)c1cn[nH]c1. The first kappa shape index (κ1) is 13.1. The Morgan fingerprint density at radius 1 is 1.29 bits per heavy atom. The number of nitrogens with two attached hydrogens (primary N) is 1. The van der Waals surface area contributed by atoms with E-state index in [1.807, 2.05) is 31.2 Å². The Labute approximate surface area is 121 Å². The summed E-state index contributed by atoms with van der Waals surface area (Å²) in [4.78, 5) is 16.5. The molecule has 3 aromatic rings. The van der Waals surface area contributed by atoms with Crippen molar-refractivity contribution in [2.75, 3.05) is 5.73 Å². The first-order valence-corrected chi connectivity index (χ1v) is 6.59. The van der Waals surface area contributed by atoms with Gasteiger partial charge in [-0.05, 0) is 12.3 Å². The standard InChI is InChI=1S/C15H15N5O/c1-9(10-6-18-19-7-10)20-15(21)13-8-17-14(16)12-5-3-2-4-11(12)13/h2-9H,1H3,(H2,16,17)(H,18,19)(H,20,21). The van der Waals surface area contributed by atoms with E-state index in [0.29, 0.717) is 11.4 Å². The van der Waals surface area contributed by atoms with E-state index in [9.17, 15) is 4.79 Å². The fourth-order valence-corrected chi connectivity index (χ4v) is 2.25. The third-order valence-corrected chi connectivity index (χ3v) is 3.44. The van der Waals surface area contributed by atoms with E-state index in [2.05, 4.69) is 20.5 Å². The second-order valence-corrected chi connectivity index (χ2v) is 4.83. The number of nitrogens with zero attached hydrogens (tertiary/aromatic N) is 2. The van der Waals surface area contributed by atoms with Crippen LogP contribution in [-0.2, 0) is 0 Å². The van der Waals surface area contributed by atoms with Gasteiger partial charge in [0.2, 0.25) is 0 Å². The van der Waals surface area contributed by atoms with Crippen molar-refractivity contribution in [1.82, 2.24) is 20.5 Å². The molecule has 0 aliphatic rings. The highest BCUT2D eigenvalue weighted by Gasteiger charge is 2.15. The average Bonchev–Trinajstić information content (AvgIpc) is 3.02. The number of hydrogen-bond donors (Lipinski definition) is 3. The number of carbonyl (C=O) groups is 1. The van der Waals surface area contributed by atoms with Crippen LogP contribution in [0.2, 0.25) is 0 Å². The number of anilines is 1. The molecular weight excluding hydrogens is 266 g/mol. The highest BCUT2D eigenvalue weighted by molar-refractivity contribution is 6.09. The first-order valence-electron chi connectivity index (χ1n) is 6.59. The van der Waals surface area contributed by atoms with E-state index in [1.165, 1.54) is 6.20 Å². The van der Waals surface area contributed by atoms with Crippen LogP contribution in [0.5, 0.6) is 0 Å². The Balaban J connectivity index is 1.93. The zero-order chi connectivity index (χ0) is 14.8. The van der Waals surface area contributed by atoms with Crippen LogP contribution >= 0.6 is 0 Å². The van der Waals surface area contributed by atoms with Crippen LogP contribution in [0.1, 0.15) is 28.9 Å². The number of H-pyrrole nitrogens is 1. The fourth-order valence-electron chi connectivity index (χ4n) is 2.25. The van der Waals surface area contributed by atoms with Crippen LogP contribution < -0.4 is 11.1 Å². The van der Waals surface area contributed by atoms with Gasteiger partial charge in [-0.1, -0.05) is 24.3 Å². The smallest absolute Gasteiger partial charge is 0.253 e. The van der Waals surface area contributed by atoms with Gasteiger partial charge < -0.3 is 11.1 Å². The number of pyridine rings is 1. The molecule has 0 saturated carbocycles. The van der Waals surface area contributed by atoms with Crippen LogP contribution in [-0.4, -0.2) is 21.1 Å². The van der Waals surface area contributed by atoms with Crippen molar-refractivity contribution in [3.8, 4) is 0 Å². The number of fused-ring (bicyclic) bond motifs is 1. The first-order chi connectivity index (χ1) is 10.2. The van der Waals surface area contributed by atoms with Crippen molar-refractivity contribution < 1.29 is 4.79 Å². The van der Waals surface area contributed by atoms with Crippen LogP contribution in [0, 0.1) is 0 Å². The molecule has 6 heteroatoms. The molecule has 4 N–H and O–H groups in total. The van der Waals surface area contributed by atoms with Gasteiger partial charge in [0.05, 0.1) is 17.8 Å². The minimum absolute atomic E-state index is 0.146. The summed E-state index contributed by atoms with van der Waals surface area (Å²) in [5.41, 5.74) is 7.27. The molecule has 3 rings (SSSR count). The summed E-state index contributed by atoms with van der Waals surface area (Å²) in [5, 5.41) is 11.1. The monoisotopic (exact) mass is 281 g/mol. The third kappa shape index (κ3) is 2.43. The predicted molar refractivity (Wildman–Crippen MR) is 80.6 cm³/mol. The third-order valence-electron chi connectivity index (χ3n) is 3.44. The Morgan fingerprint density at radius 3 is 2.76 bits per heavy atom. The van der Waals surface area contributed by atoms with E-state index >= 15 is 0 Å². The van der Waals surface area contributed by atoms with Crippen LogP contribution in [0.15, 0.2) is 42.9 Å². The summed E-state index contributed by atoms with van der Waals surface area (Å²) < 4.78 is 0. The van der Waals surface area contributed by atoms with Crippen LogP contribution in [0.4, 0.5) is 5.82 Å². The van der Waals surface area contributed by atoms with Crippen molar-refractivity contribution in [1.29, 1.82) is 0 Å². The quantitative estimate of drug-likeness (QED) is 0.684. The molecule has 0 fully saturated rings. The molecule has 1 atom stereocenters. The molecule has 2 heterocycles. The average molecular weight is 281 g/mol. The van der Waals surface area contributed by atoms with Crippen molar-refractivity contribution >= 4 is 22.5 Å². The van der Waals surface area contributed by atoms with E-state index in [4.69, 9.17) is 5.73 Å². The van der Waals surface area contributed by atoms with Gasteiger partial charge in [-0.3, -0.25) is 9.89 Å². The molecular formula is C15H15N5O. The van der Waals surface area contributed by atoms with Gasteiger partial charge in [0.25, 0.3) is 5.91 Å². The summed E-state index contributed by atoms with van der Waals surface area (Å²) in [6, 6.07) is 7.32. The summed E-state index contributed by atoms with van der Waals surface area (Å²) in [7, 11) is 0. The maximum Gasteiger partial charge on any atom is 0.253 e. The molecule has 0 aliphatic carbocycles. The van der Waals surface area contributed by atoms with E-state index in [1.54, 1.807) is 12.4 Å². The summed E-state index contributed by atoms with van der Waals surface area (Å²) >= 11 is 0. The van der Waals surface area contributed by atoms with E-state index in [-0.39, 0.29) is 11.9 Å². The Bertz CT molecular complexity index is 782. The fraction of sp³-hybridized carbons (Fsp3) is 0.133. The number of nitrogen functional groups attached to an aromatic ring is 1. The molecule has 1 amide bonds. The Hall–Kier alpha value is -2.89. The van der Waals surface area contributed by atoms with Crippen LogP contribution in [0.3, 0.4) is 0 Å². The molecule has 0 saturated heterocycles. The number of benzene rings is 1. The number of aromatic amines is 1. The minimum atomic E-state index is -0.188. The molecule has 0 spiro atoms. The van der Waals surface area contributed by atoms with Gasteiger partial charge in [0.1, 0.15) is 5.82 Å². The van der Waals surface area contributed by atoms with Crippen molar-refractivity contribution in [2.45, 2.75) is 13.0 Å². The number of hydrogen-bond acceptors (Lipinski definition) is 4. The molecule has 0 bridgehead atoms. The van der Waals surface area contributed by atoms with Crippen molar-refractivity contribution in [2.24, 2.45) is 0 Å². The highest BCUT2D eigenvalue weighted by Crippen LogP contribution is 2.23. The Morgan fingerprint density at radius 2 is 2.05 bits per heavy atom. The summed E-state index contributed by atoms with van der Waals surface area (Å²) in [6.07, 6.45) is 4.95. The van der Waals surface area contributed by atoms with E-state index in [0.717, 1.165) is 16.3 Å². The van der Waals surface area contributed by atoms with Gasteiger partial charge >= 0.3 is 0 Å². The number of aromatic nitrogens is 3. The maximum absolute atomic E-state index is 12.5. The lowest BCUT2D eigenvalue weighted by molar-refractivity contribution is 0.0941. The van der Waals surface area contributed by atoms with Crippen molar-refractivity contribution in [3.63, 3.8) is 0 Å². The maximum atomic E-state index is 12.5. The zero-order valence-electron chi connectivity index (χ0n) is 11.5. The highest BCUT2D eigenvalue weighted by atomic mass is 16.1. The summed E-state index contributed by atoms with van der Waals surface area (Å²) in [5.74, 6) is 0.234. The Kier molecular flexibility index (Phi) is 3.27. The zero-order valence-corrected chi connectivity index (χ0v) is 11.5. The topological polar surface area (TPSA) is 96.7 Å². The predicted octanol–water partition coefficient (Wildman–Crippen LogP) is 2.03. The van der Waals surface area contributed by atoms with Crippen molar-refractivity contribution in [3.05, 3.63) is 54.0 Å².